The maximum Gasteiger partial charge on any atom is 0.230 e. The summed E-state index contributed by atoms with van der Waals surface area (Å²) in [6.45, 7) is 1.86. The molecule has 1 saturated heterocycles. The largest absolute Gasteiger partial charge is 0.338 e. The summed E-state index contributed by atoms with van der Waals surface area (Å²) in [6, 6.07) is 18.5. The van der Waals surface area contributed by atoms with E-state index in [0.717, 1.165) is 30.5 Å². The molecule has 0 radical (unpaired) electrons. The number of hydrogen-bond donors (Lipinski definition) is 2. The summed E-state index contributed by atoms with van der Waals surface area (Å²) in [6.07, 6.45) is 2.75. The Balaban J connectivity index is 1.88. The molecule has 0 aromatic heterocycles. The molecule has 2 unspecified atom stereocenters. The zero-order valence-corrected chi connectivity index (χ0v) is 14.6. The van der Waals surface area contributed by atoms with Crippen molar-refractivity contribution in [1.82, 2.24) is 4.90 Å². The summed E-state index contributed by atoms with van der Waals surface area (Å²) in [5.74, 6) is 0.0127. The van der Waals surface area contributed by atoms with Gasteiger partial charge in [0.2, 0.25) is 5.91 Å². The number of amides is 1. The molecule has 4 heteroatoms. The second kappa shape index (κ2) is 8.28. The van der Waals surface area contributed by atoms with Crippen molar-refractivity contribution in [3.63, 3.8) is 0 Å². The van der Waals surface area contributed by atoms with Gasteiger partial charge in [0.15, 0.2) is 0 Å². The smallest absolute Gasteiger partial charge is 0.230 e. The molecule has 1 fully saturated rings. The first-order valence-corrected chi connectivity index (χ1v) is 9.06. The predicted molar refractivity (Wildman–Crippen MR) is 101 cm³/mol. The molecule has 1 aliphatic rings. The first-order valence-electron chi connectivity index (χ1n) is 9.06. The standard InChI is InChI=1S/C21H27N3O/c22-14-17-8-10-18(11-9-17)20(13-16-5-2-1-3-6-16)21(25)24-12-4-7-19(24)15-23/h1-3,5-6,8-11,19-20H,4,7,12-15,22-23H2. The molecule has 2 aromatic rings. The van der Waals surface area contributed by atoms with Crippen LogP contribution in [-0.2, 0) is 17.8 Å². The van der Waals surface area contributed by atoms with Gasteiger partial charge in [0.1, 0.15) is 0 Å². The van der Waals surface area contributed by atoms with Gasteiger partial charge in [-0.1, -0.05) is 54.6 Å². The van der Waals surface area contributed by atoms with Crippen LogP contribution in [0.25, 0.3) is 0 Å². The van der Waals surface area contributed by atoms with Gasteiger partial charge < -0.3 is 16.4 Å². The van der Waals surface area contributed by atoms with E-state index in [1.165, 1.54) is 5.56 Å². The molecule has 1 amide bonds. The van der Waals surface area contributed by atoms with E-state index < -0.39 is 0 Å². The summed E-state index contributed by atoms with van der Waals surface area (Å²) < 4.78 is 0. The fourth-order valence-electron chi connectivity index (χ4n) is 3.65. The highest BCUT2D eigenvalue weighted by molar-refractivity contribution is 5.84. The molecule has 2 aromatic carbocycles. The Morgan fingerprint density at radius 2 is 1.76 bits per heavy atom. The van der Waals surface area contributed by atoms with Gasteiger partial charge in [-0.3, -0.25) is 4.79 Å². The molecule has 25 heavy (non-hydrogen) atoms. The zero-order chi connectivity index (χ0) is 17.6. The minimum absolute atomic E-state index is 0.175. The Labute approximate surface area is 149 Å². The van der Waals surface area contributed by atoms with E-state index in [0.29, 0.717) is 19.5 Å². The fraction of sp³-hybridized carbons (Fsp3) is 0.381. The van der Waals surface area contributed by atoms with Gasteiger partial charge in [-0.2, -0.15) is 0 Å². The van der Waals surface area contributed by atoms with Gasteiger partial charge in [-0.15, -0.1) is 0 Å². The van der Waals surface area contributed by atoms with Crippen LogP contribution in [0.5, 0.6) is 0 Å². The molecule has 4 N–H and O–H groups in total. The number of nitrogens with zero attached hydrogens (tertiary/aromatic N) is 1. The lowest BCUT2D eigenvalue weighted by molar-refractivity contribution is -0.133. The average Bonchev–Trinajstić information content (AvgIpc) is 3.15. The SMILES string of the molecule is NCc1ccc(C(Cc2ccccc2)C(=O)N2CCCC2CN)cc1. The van der Waals surface area contributed by atoms with Gasteiger partial charge in [0.05, 0.1) is 5.92 Å². The quantitative estimate of drug-likeness (QED) is 0.850. The van der Waals surface area contributed by atoms with Gasteiger partial charge in [0, 0.05) is 25.7 Å². The van der Waals surface area contributed by atoms with E-state index in [9.17, 15) is 4.79 Å². The number of likely N-dealkylation sites (tertiary alicyclic amines) is 1. The minimum Gasteiger partial charge on any atom is -0.338 e. The van der Waals surface area contributed by atoms with Crippen molar-refractivity contribution in [3.8, 4) is 0 Å². The Bertz CT molecular complexity index is 684. The number of hydrogen-bond acceptors (Lipinski definition) is 3. The van der Waals surface area contributed by atoms with E-state index in [-0.39, 0.29) is 17.9 Å². The molecular weight excluding hydrogens is 310 g/mol. The van der Waals surface area contributed by atoms with E-state index in [1.54, 1.807) is 0 Å². The summed E-state index contributed by atoms with van der Waals surface area (Å²) >= 11 is 0. The van der Waals surface area contributed by atoms with Crippen molar-refractivity contribution in [2.24, 2.45) is 11.5 Å². The van der Waals surface area contributed by atoms with E-state index >= 15 is 0 Å². The molecule has 2 atom stereocenters. The third-order valence-corrected chi connectivity index (χ3v) is 5.13. The van der Waals surface area contributed by atoms with Crippen LogP contribution in [0.2, 0.25) is 0 Å². The summed E-state index contributed by atoms with van der Waals surface area (Å²) in [7, 11) is 0. The van der Waals surface area contributed by atoms with Gasteiger partial charge in [0.25, 0.3) is 0 Å². The van der Waals surface area contributed by atoms with Crippen LogP contribution < -0.4 is 11.5 Å². The molecule has 0 saturated carbocycles. The Kier molecular flexibility index (Phi) is 5.84. The van der Waals surface area contributed by atoms with Crippen molar-refractivity contribution in [2.45, 2.75) is 37.8 Å². The summed E-state index contributed by atoms with van der Waals surface area (Å²) in [5, 5.41) is 0. The van der Waals surface area contributed by atoms with E-state index in [1.807, 2.05) is 47.4 Å². The molecular formula is C21H27N3O. The molecule has 0 aliphatic carbocycles. The van der Waals surface area contributed by atoms with Crippen molar-refractivity contribution in [2.75, 3.05) is 13.1 Å². The molecule has 1 aliphatic heterocycles. The van der Waals surface area contributed by atoms with Crippen LogP contribution >= 0.6 is 0 Å². The summed E-state index contributed by atoms with van der Waals surface area (Å²) in [5.41, 5.74) is 14.9. The molecule has 1 heterocycles. The van der Waals surface area contributed by atoms with Crippen molar-refractivity contribution in [1.29, 1.82) is 0 Å². The lowest BCUT2D eigenvalue weighted by atomic mass is 9.90. The van der Waals surface area contributed by atoms with Crippen LogP contribution in [0.4, 0.5) is 0 Å². The second-order valence-electron chi connectivity index (χ2n) is 6.75. The summed E-state index contributed by atoms with van der Waals surface area (Å²) in [4.78, 5) is 15.3. The Morgan fingerprint density at radius 1 is 1.04 bits per heavy atom. The monoisotopic (exact) mass is 337 g/mol. The average molecular weight is 337 g/mol. The lowest BCUT2D eigenvalue weighted by Crippen LogP contribution is -2.42. The van der Waals surface area contributed by atoms with Gasteiger partial charge >= 0.3 is 0 Å². The number of carbonyl (C=O) groups excluding carboxylic acids is 1. The molecule has 0 bridgehead atoms. The number of carbonyl (C=O) groups is 1. The number of nitrogens with two attached hydrogens (primary N) is 2. The molecule has 0 spiro atoms. The number of rotatable bonds is 6. The van der Waals surface area contributed by atoms with Crippen LogP contribution in [0, 0.1) is 0 Å². The van der Waals surface area contributed by atoms with Crippen LogP contribution in [0.15, 0.2) is 54.6 Å². The highest BCUT2D eigenvalue weighted by Crippen LogP contribution is 2.28. The topological polar surface area (TPSA) is 72.4 Å². The first-order chi connectivity index (χ1) is 12.2. The van der Waals surface area contributed by atoms with E-state index in [2.05, 4.69) is 12.1 Å². The highest BCUT2D eigenvalue weighted by Gasteiger charge is 2.33. The predicted octanol–water partition coefficient (Wildman–Crippen LogP) is 2.42. The van der Waals surface area contributed by atoms with Crippen LogP contribution in [0.3, 0.4) is 0 Å². The molecule has 132 valence electrons. The Hall–Kier alpha value is -2.17. The highest BCUT2D eigenvalue weighted by atomic mass is 16.2. The zero-order valence-electron chi connectivity index (χ0n) is 14.6. The third kappa shape index (κ3) is 4.09. The lowest BCUT2D eigenvalue weighted by Gasteiger charge is -2.28. The first kappa shape index (κ1) is 17.6. The van der Waals surface area contributed by atoms with Gasteiger partial charge in [-0.05, 0) is 36.0 Å². The van der Waals surface area contributed by atoms with Crippen LogP contribution in [0.1, 0.15) is 35.4 Å². The van der Waals surface area contributed by atoms with Crippen molar-refractivity contribution in [3.05, 3.63) is 71.3 Å². The maximum atomic E-state index is 13.3. The maximum absolute atomic E-state index is 13.3. The Morgan fingerprint density at radius 3 is 2.40 bits per heavy atom. The normalized spacial score (nSPS) is 18.3. The second-order valence-corrected chi connectivity index (χ2v) is 6.75. The minimum atomic E-state index is -0.179. The van der Waals surface area contributed by atoms with Gasteiger partial charge in [-0.25, -0.2) is 0 Å². The van der Waals surface area contributed by atoms with Crippen molar-refractivity contribution < 1.29 is 4.79 Å². The van der Waals surface area contributed by atoms with E-state index in [4.69, 9.17) is 11.5 Å². The van der Waals surface area contributed by atoms with Crippen molar-refractivity contribution >= 4 is 5.91 Å². The number of benzene rings is 2. The third-order valence-electron chi connectivity index (χ3n) is 5.13. The van der Waals surface area contributed by atoms with Crippen LogP contribution in [-0.4, -0.2) is 29.9 Å². The fourth-order valence-corrected chi connectivity index (χ4v) is 3.65. The molecule has 4 nitrogen and oxygen atoms in total. The molecule has 3 rings (SSSR count).